The molecule has 2 aromatic rings. The number of fused-ring (bicyclic) bond motifs is 1. The third kappa shape index (κ3) is 2.83. The second-order valence-corrected chi connectivity index (χ2v) is 8.42. The first kappa shape index (κ1) is 14.3. The smallest absolute Gasteiger partial charge is 0.207 e. The van der Waals surface area contributed by atoms with Gasteiger partial charge < -0.3 is 0 Å². The molecule has 1 aromatic carbocycles. The second kappa shape index (κ2) is 5.60. The van der Waals surface area contributed by atoms with Crippen molar-refractivity contribution < 1.29 is 8.42 Å². The number of hydrogen-bond acceptors (Lipinski definition) is 3. The van der Waals surface area contributed by atoms with Gasteiger partial charge in [0.2, 0.25) is 10.0 Å². The number of rotatable bonds is 4. The number of hydrogen-bond donors (Lipinski definition) is 1. The van der Waals surface area contributed by atoms with Crippen LogP contribution in [-0.2, 0) is 29.4 Å². The van der Waals surface area contributed by atoms with E-state index in [1.54, 1.807) is 6.07 Å². The molecule has 1 aromatic heterocycles. The van der Waals surface area contributed by atoms with E-state index in [1.807, 2.05) is 23.6 Å². The molecule has 0 unspecified atom stereocenters. The summed E-state index contributed by atoms with van der Waals surface area (Å²) in [7, 11) is -3.44. The summed E-state index contributed by atoms with van der Waals surface area (Å²) in [5.41, 5.74) is 2.45. The Bertz CT molecular complexity index is 737. The fourth-order valence-corrected chi connectivity index (χ4v) is 4.98. The number of sulfonamides is 1. The lowest BCUT2D eigenvalue weighted by atomic mass is 10.1. The fourth-order valence-electron chi connectivity index (χ4n) is 2.41. The van der Waals surface area contributed by atoms with Crippen molar-refractivity contribution in [1.29, 1.82) is 0 Å². The van der Waals surface area contributed by atoms with E-state index in [-0.39, 0.29) is 0 Å². The Hall–Kier alpha value is -0.690. The average Bonchev–Trinajstić information content (AvgIpc) is 3.04. The minimum Gasteiger partial charge on any atom is -0.207 e. The Morgan fingerprint density at radius 2 is 2.00 bits per heavy atom. The monoisotopic (exact) mass is 371 g/mol. The molecular formula is C14H14BrNO2S2. The van der Waals surface area contributed by atoms with Gasteiger partial charge in [-0.05, 0) is 69.9 Å². The van der Waals surface area contributed by atoms with Crippen molar-refractivity contribution in [3.63, 3.8) is 0 Å². The van der Waals surface area contributed by atoms with E-state index < -0.39 is 10.0 Å². The largest absolute Gasteiger partial charge is 0.240 e. The molecule has 1 heterocycles. The van der Waals surface area contributed by atoms with E-state index in [4.69, 9.17) is 0 Å². The molecule has 0 spiro atoms. The summed E-state index contributed by atoms with van der Waals surface area (Å²) in [6.07, 6.45) is 3.16. The highest BCUT2D eigenvalue weighted by Crippen LogP contribution is 2.26. The quantitative estimate of drug-likeness (QED) is 0.893. The predicted octanol–water partition coefficient (Wildman–Crippen LogP) is 3.48. The molecule has 6 heteroatoms. The van der Waals surface area contributed by atoms with Crippen LogP contribution in [0.1, 0.15) is 22.4 Å². The second-order valence-electron chi connectivity index (χ2n) is 4.80. The molecule has 1 aliphatic carbocycles. The van der Waals surface area contributed by atoms with Gasteiger partial charge in [-0.15, -0.1) is 11.3 Å². The van der Waals surface area contributed by atoms with Crippen molar-refractivity contribution in [3.8, 4) is 0 Å². The van der Waals surface area contributed by atoms with Crippen LogP contribution >= 0.6 is 27.3 Å². The SMILES string of the molecule is O=S(=O)(NCc1sccc1Br)c1ccc2c(c1)CCC2. The first-order chi connectivity index (χ1) is 9.56. The number of nitrogens with one attached hydrogen (secondary N) is 1. The van der Waals surface area contributed by atoms with Gasteiger partial charge in [0.05, 0.1) is 4.90 Å². The van der Waals surface area contributed by atoms with Crippen molar-refractivity contribution >= 4 is 37.3 Å². The zero-order valence-corrected chi connectivity index (χ0v) is 13.9. The van der Waals surface area contributed by atoms with Gasteiger partial charge in [-0.1, -0.05) is 6.07 Å². The summed E-state index contributed by atoms with van der Waals surface area (Å²) < 4.78 is 28.2. The highest BCUT2D eigenvalue weighted by Gasteiger charge is 2.18. The normalized spacial score (nSPS) is 14.4. The van der Waals surface area contributed by atoms with Crippen LogP contribution in [0.15, 0.2) is 39.0 Å². The zero-order chi connectivity index (χ0) is 14.2. The van der Waals surface area contributed by atoms with Crippen LogP contribution in [0.2, 0.25) is 0 Å². The number of thiophene rings is 1. The molecule has 106 valence electrons. The standard InChI is InChI=1S/C14H14BrNO2S2/c15-13-6-7-19-14(13)9-16-20(17,18)12-5-4-10-2-1-3-11(10)8-12/h4-8,16H,1-3,9H2. The molecule has 20 heavy (non-hydrogen) atoms. The van der Waals surface area contributed by atoms with E-state index in [0.29, 0.717) is 11.4 Å². The van der Waals surface area contributed by atoms with Crippen molar-refractivity contribution in [2.24, 2.45) is 0 Å². The molecule has 1 N–H and O–H groups in total. The molecule has 0 saturated carbocycles. The molecule has 3 rings (SSSR count). The van der Waals surface area contributed by atoms with E-state index in [0.717, 1.165) is 28.6 Å². The molecule has 3 nitrogen and oxygen atoms in total. The van der Waals surface area contributed by atoms with E-state index in [9.17, 15) is 8.42 Å². The Morgan fingerprint density at radius 1 is 1.20 bits per heavy atom. The van der Waals surface area contributed by atoms with Gasteiger partial charge in [0.1, 0.15) is 0 Å². The Kier molecular flexibility index (Phi) is 3.99. The van der Waals surface area contributed by atoms with E-state index >= 15 is 0 Å². The van der Waals surface area contributed by atoms with Crippen LogP contribution < -0.4 is 4.72 Å². The Balaban J connectivity index is 1.80. The van der Waals surface area contributed by atoms with Crippen LogP contribution in [0, 0.1) is 0 Å². The number of aryl methyl sites for hydroxylation is 2. The first-order valence-corrected chi connectivity index (χ1v) is 9.55. The summed E-state index contributed by atoms with van der Waals surface area (Å²) in [5.74, 6) is 0. The van der Waals surface area contributed by atoms with Crippen LogP contribution in [-0.4, -0.2) is 8.42 Å². The molecule has 0 radical (unpaired) electrons. The number of halogens is 1. The average molecular weight is 372 g/mol. The van der Waals surface area contributed by atoms with Crippen molar-refractivity contribution in [2.45, 2.75) is 30.7 Å². The predicted molar refractivity (Wildman–Crippen MR) is 84.5 cm³/mol. The van der Waals surface area contributed by atoms with Gasteiger partial charge in [-0.25, -0.2) is 13.1 Å². The zero-order valence-electron chi connectivity index (χ0n) is 10.7. The molecule has 0 fully saturated rings. The van der Waals surface area contributed by atoms with E-state index in [1.165, 1.54) is 22.5 Å². The van der Waals surface area contributed by atoms with Crippen LogP contribution in [0.3, 0.4) is 0 Å². The van der Waals surface area contributed by atoms with Gasteiger partial charge >= 0.3 is 0 Å². The van der Waals surface area contributed by atoms with Gasteiger partial charge in [0, 0.05) is 15.9 Å². The maximum absolute atomic E-state index is 12.3. The highest BCUT2D eigenvalue weighted by atomic mass is 79.9. The molecule has 1 aliphatic rings. The van der Waals surface area contributed by atoms with Gasteiger partial charge in [0.25, 0.3) is 0 Å². The topological polar surface area (TPSA) is 46.2 Å². The molecule has 0 saturated heterocycles. The third-order valence-corrected chi connectivity index (χ3v) is 6.82. The molecule has 0 amide bonds. The summed E-state index contributed by atoms with van der Waals surface area (Å²) in [5, 5.41) is 1.93. The van der Waals surface area contributed by atoms with Gasteiger partial charge in [0.15, 0.2) is 0 Å². The van der Waals surface area contributed by atoms with Crippen molar-refractivity contribution in [3.05, 3.63) is 50.1 Å². The molecule has 0 bridgehead atoms. The third-order valence-electron chi connectivity index (χ3n) is 3.49. The van der Waals surface area contributed by atoms with Gasteiger partial charge in [-0.2, -0.15) is 0 Å². The first-order valence-electron chi connectivity index (χ1n) is 6.39. The lowest BCUT2D eigenvalue weighted by molar-refractivity contribution is 0.581. The summed E-state index contributed by atoms with van der Waals surface area (Å²) in [6.45, 7) is 0.317. The maximum Gasteiger partial charge on any atom is 0.240 e. The minimum absolute atomic E-state index is 0.317. The van der Waals surface area contributed by atoms with Crippen LogP contribution in [0.4, 0.5) is 0 Å². The highest BCUT2D eigenvalue weighted by molar-refractivity contribution is 9.10. The van der Waals surface area contributed by atoms with Crippen LogP contribution in [0.5, 0.6) is 0 Å². The maximum atomic E-state index is 12.3. The summed E-state index contributed by atoms with van der Waals surface area (Å²) >= 11 is 4.94. The van der Waals surface area contributed by atoms with Gasteiger partial charge in [-0.3, -0.25) is 0 Å². The lowest BCUT2D eigenvalue weighted by Crippen LogP contribution is -2.23. The Morgan fingerprint density at radius 3 is 2.75 bits per heavy atom. The molecule has 0 aliphatic heterocycles. The Labute approximate surface area is 131 Å². The number of benzene rings is 1. The summed E-state index contributed by atoms with van der Waals surface area (Å²) in [6, 6.07) is 7.38. The summed E-state index contributed by atoms with van der Waals surface area (Å²) in [4.78, 5) is 1.35. The van der Waals surface area contributed by atoms with Crippen molar-refractivity contribution in [1.82, 2.24) is 4.72 Å². The minimum atomic E-state index is -3.44. The van der Waals surface area contributed by atoms with E-state index in [2.05, 4.69) is 20.7 Å². The molecule has 0 atom stereocenters. The molecular weight excluding hydrogens is 358 g/mol. The van der Waals surface area contributed by atoms with Crippen molar-refractivity contribution in [2.75, 3.05) is 0 Å². The fraction of sp³-hybridized carbons (Fsp3) is 0.286. The van der Waals surface area contributed by atoms with Crippen LogP contribution in [0.25, 0.3) is 0 Å². The lowest BCUT2D eigenvalue weighted by Gasteiger charge is -2.08.